The molecule has 0 saturated carbocycles. The van der Waals surface area contributed by atoms with Crippen molar-refractivity contribution in [2.45, 2.75) is 13.0 Å². The van der Waals surface area contributed by atoms with Gasteiger partial charge in [-0.25, -0.2) is 0 Å². The third-order valence-electron chi connectivity index (χ3n) is 2.02. The fraction of sp³-hybridized carbons (Fsp3) is 0.444. The first kappa shape index (κ1) is 9.80. The number of hydrogen-bond acceptors (Lipinski definition) is 3. The molecule has 0 saturated heterocycles. The minimum absolute atomic E-state index is 0.0987. The van der Waals surface area contributed by atoms with Crippen molar-refractivity contribution in [2.75, 3.05) is 14.2 Å². The van der Waals surface area contributed by atoms with Crippen LogP contribution in [0.4, 0.5) is 0 Å². The topological polar surface area (TPSA) is 54.1 Å². The molecule has 4 nitrogen and oxygen atoms in total. The van der Waals surface area contributed by atoms with Crippen LogP contribution in [-0.4, -0.2) is 19.1 Å². The number of rotatable bonds is 3. The van der Waals surface area contributed by atoms with Crippen LogP contribution in [0.25, 0.3) is 0 Å². The van der Waals surface area contributed by atoms with Crippen LogP contribution in [0, 0.1) is 0 Å². The van der Waals surface area contributed by atoms with Crippen molar-refractivity contribution in [3.8, 4) is 5.75 Å². The monoisotopic (exact) mass is 182 g/mol. The Balaban J connectivity index is 3.03. The van der Waals surface area contributed by atoms with Gasteiger partial charge >= 0.3 is 0 Å². The Labute approximate surface area is 76.9 Å². The molecule has 2 N–H and O–H groups in total. The fourth-order valence-corrected chi connectivity index (χ4v) is 1.04. The van der Waals surface area contributed by atoms with E-state index in [0.717, 1.165) is 5.69 Å². The van der Waals surface area contributed by atoms with Gasteiger partial charge in [-0.05, 0) is 14.0 Å². The number of aromatic nitrogens is 1. The summed E-state index contributed by atoms with van der Waals surface area (Å²) in [5.74, 6) is 0.340. The Kier molecular flexibility index (Phi) is 3.08. The Morgan fingerprint density at radius 1 is 1.62 bits per heavy atom. The molecule has 1 rings (SSSR count). The van der Waals surface area contributed by atoms with E-state index in [4.69, 9.17) is 4.74 Å². The van der Waals surface area contributed by atoms with Crippen molar-refractivity contribution >= 4 is 0 Å². The summed E-state index contributed by atoms with van der Waals surface area (Å²) in [7, 11) is 3.32. The highest BCUT2D eigenvalue weighted by Gasteiger charge is 2.05. The molecule has 1 atom stereocenters. The number of ether oxygens (including phenoxy) is 1. The number of pyridine rings is 1. The number of methoxy groups -OCH3 is 1. The molecular weight excluding hydrogens is 168 g/mol. The molecule has 0 radical (unpaired) electrons. The fourth-order valence-electron chi connectivity index (χ4n) is 1.04. The molecule has 4 heteroatoms. The number of H-pyrrole nitrogens is 1. The molecule has 0 unspecified atom stereocenters. The van der Waals surface area contributed by atoms with E-state index in [1.807, 2.05) is 14.0 Å². The zero-order valence-electron chi connectivity index (χ0n) is 8.05. The maximum Gasteiger partial charge on any atom is 0.223 e. The minimum atomic E-state index is -0.0987. The summed E-state index contributed by atoms with van der Waals surface area (Å²) in [6, 6.07) is 1.68. The molecule has 0 aliphatic rings. The van der Waals surface area contributed by atoms with Crippen molar-refractivity contribution in [3.63, 3.8) is 0 Å². The largest absolute Gasteiger partial charge is 0.491 e. The van der Waals surface area contributed by atoms with Crippen LogP contribution in [-0.2, 0) is 0 Å². The average molecular weight is 182 g/mol. The van der Waals surface area contributed by atoms with Gasteiger partial charge in [-0.3, -0.25) is 4.79 Å². The third kappa shape index (κ3) is 2.09. The first-order valence-electron chi connectivity index (χ1n) is 4.13. The van der Waals surface area contributed by atoms with Crippen LogP contribution < -0.4 is 15.5 Å². The maximum absolute atomic E-state index is 11.3. The lowest BCUT2D eigenvalue weighted by molar-refractivity contribution is 0.408. The normalized spacial score (nSPS) is 12.5. The van der Waals surface area contributed by atoms with Crippen LogP contribution in [0.3, 0.4) is 0 Å². The molecule has 72 valence electrons. The molecular formula is C9H14N2O2. The van der Waals surface area contributed by atoms with Gasteiger partial charge in [0.25, 0.3) is 0 Å². The van der Waals surface area contributed by atoms with Crippen molar-refractivity contribution < 1.29 is 4.74 Å². The molecule has 1 aromatic heterocycles. The van der Waals surface area contributed by atoms with Gasteiger partial charge in [0.2, 0.25) is 5.43 Å². The molecule has 0 fully saturated rings. The molecule has 0 spiro atoms. The molecule has 0 aromatic carbocycles. The van der Waals surface area contributed by atoms with Crippen LogP contribution >= 0.6 is 0 Å². The first-order chi connectivity index (χ1) is 6.19. The SMILES string of the molecule is CN[C@@H](C)c1cc(=O)c(OC)c[nH]1. The molecule has 13 heavy (non-hydrogen) atoms. The minimum Gasteiger partial charge on any atom is -0.491 e. The van der Waals surface area contributed by atoms with Gasteiger partial charge in [0.15, 0.2) is 5.75 Å². The number of nitrogens with one attached hydrogen (secondary N) is 2. The smallest absolute Gasteiger partial charge is 0.223 e. The van der Waals surface area contributed by atoms with Gasteiger partial charge in [0.1, 0.15) is 0 Å². The van der Waals surface area contributed by atoms with Crippen LogP contribution in [0.2, 0.25) is 0 Å². The maximum atomic E-state index is 11.3. The zero-order chi connectivity index (χ0) is 9.84. The van der Waals surface area contributed by atoms with Crippen LogP contribution in [0.1, 0.15) is 18.7 Å². The van der Waals surface area contributed by atoms with E-state index in [-0.39, 0.29) is 11.5 Å². The van der Waals surface area contributed by atoms with Crippen molar-refractivity contribution in [1.82, 2.24) is 10.3 Å². The second kappa shape index (κ2) is 4.09. The third-order valence-corrected chi connectivity index (χ3v) is 2.02. The van der Waals surface area contributed by atoms with Gasteiger partial charge in [-0.1, -0.05) is 0 Å². The molecule has 1 aromatic rings. The first-order valence-corrected chi connectivity index (χ1v) is 4.13. The van der Waals surface area contributed by atoms with Gasteiger partial charge in [0.05, 0.1) is 7.11 Å². The zero-order valence-corrected chi connectivity index (χ0v) is 8.05. The molecule has 0 aliphatic heterocycles. The Bertz CT molecular complexity index is 333. The van der Waals surface area contributed by atoms with Crippen molar-refractivity contribution in [1.29, 1.82) is 0 Å². The van der Waals surface area contributed by atoms with Gasteiger partial charge in [0, 0.05) is 24.0 Å². The van der Waals surface area contributed by atoms with E-state index in [2.05, 4.69) is 10.3 Å². The average Bonchev–Trinajstić information content (AvgIpc) is 2.16. The standard InChI is InChI=1S/C9H14N2O2/c1-6(10-2)7-4-8(12)9(13-3)5-11-7/h4-6,10H,1-3H3,(H,11,12)/t6-/m0/s1. The van der Waals surface area contributed by atoms with E-state index < -0.39 is 0 Å². The van der Waals surface area contributed by atoms with E-state index >= 15 is 0 Å². The lowest BCUT2D eigenvalue weighted by Crippen LogP contribution is -2.17. The Hall–Kier alpha value is -1.29. The summed E-state index contributed by atoms with van der Waals surface area (Å²) < 4.78 is 4.85. The second-order valence-corrected chi connectivity index (χ2v) is 2.83. The predicted molar refractivity (Wildman–Crippen MR) is 51.1 cm³/mol. The summed E-state index contributed by atoms with van der Waals surface area (Å²) in [5, 5.41) is 3.03. The summed E-state index contributed by atoms with van der Waals surface area (Å²) in [4.78, 5) is 14.3. The van der Waals surface area contributed by atoms with E-state index in [0.29, 0.717) is 5.75 Å². The lowest BCUT2D eigenvalue weighted by Gasteiger charge is -2.10. The summed E-state index contributed by atoms with van der Waals surface area (Å²) in [6.07, 6.45) is 1.57. The highest BCUT2D eigenvalue weighted by molar-refractivity contribution is 5.21. The quantitative estimate of drug-likeness (QED) is 0.722. The van der Waals surface area contributed by atoms with E-state index in [9.17, 15) is 4.79 Å². The summed E-state index contributed by atoms with van der Waals surface area (Å²) in [5.41, 5.74) is 0.756. The number of aromatic amines is 1. The lowest BCUT2D eigenvalue weighted by atomic mass is 10.2. The van der Waals surface area contributed by atoms with Crippen LogP contribution in [0.15, 0.2) is 17.1 Å². The van der Waals surface area contributed by atoms with E-state index in [1.54, 1.807) is 12.3 Å². The second-order valence-electron chi connectivity index (χ2n) is 2.83. The van der Waals surface area contributed by atoms with Crippen molar-refractivity contribution in [2.24, 2.45) is 0 Å². The summed E-state index contributed by atoms with van der Waals surface area (Å²) in [6.45, 7) is 1.97. The Morgan fingerprint density at radius 2 is 2.31 bits per heavy atom. The van der Waals surface area contributed by atoms with Crippen LogP contribution in [0.5, 0.6) is 5.75 Å². The number of hydrogen-bond donors (Lipinski definition) is 2. The van der Waals surface area contributed by atoms with Crippen molar-refractivity contribution in [3.05, 3.63) is 28.2 Å². The summed E-state index contributed by atoms with van der Waals surface area (Å²) >= 11 is 0. The van der Waals surface area contributed by atoms with Gasteiger partial charge in [-0.2, -0.15) is 0 Å². The van der Waals surface area contributed by atoms with E-state index in [1.165, 1.54) is 7.11 Å². The highest BCUT2D eigenvalue weighted by atomic mass is 16.5. The Morgan fingerprint density at radius 3 is 2.77 bits per heavy atom. The highest BCUT2D eigenvalue weighted by Crippen LogP contribution is 2.08. The molecule has 0 bridgehead atoms. The molecule has 0 aliphatic carbocycles. The molecule has 0 amide bonds. The van der Waals surface area contributed by atoms with Gasteiger partial charge < -0.3 is 15.0 Å². The predicted octanol–water partition coefficient (Wildman–Crippen LogP) is 0.664. The molecule has 1 heterocycles. The van der Waals surface area contributed by atoms with Gasteiger partial charge in [-0.15, -0.1) is 0 Å².